The summed E-state index contributed by atoms with van der Waals surface area (Å²) in [6, 6.07) is 0. The zero-order valence-corrected chi connectivity index (χ0v) is 12.2. The Morgan fingerprint density at radius 1 is 1.47 bits per heavy atom. The number of aromatic nitrogens is 2. The van der Waals surface area contributed by atoms with Crippen molar-refractivity contribution in [1.29, 1.82) is 0 Å². The lowest BCUT2D eigenvalue weighted by atomic mass is 10.4. The van der Waals surface area contributed by atoms with Crippen molar-refractivity contribution in [2.24, 2.45) is 0 Å². The first kappa shape index (κ1) is 13.3. The summed E-state index contributed by atoms with van der Waals surface area (Å²) in [5, 5.41) is 1.14. The summed E-state index contributed by atoms with van der Waals surface area (Å²) in [5.41, 5.74) is 0.898. The van der Waals surface area contributed by atoms with Crippen LogP contribution >= 0.6 is 39.3 Å². The van der Waals surface area contributed by atoms with Crippen molar-refractivity contribution in [2.45, 2.75) is 38.2 Å². The minimum absolute atomic E-state index is 0.502. The Labute approximate surface area is 108 Å². The third-order valence-corrected chi connectivity index (χ3v) is 4.87. The van der Waals surface area contributed by atoms with Gasteiger partial charge in [0.15, 0.2) is 0 Å². The fourth-order valence-electron chi connectivity index (χ4n) is 0.979. The van der Waals surface area contributed by atoms with Crippen molar-refractivity contribution in [2.75, 3.05) is 0 Å². The van der Waals surface area contributed by atoms with Crippen LogP contribution < -0.4 is 0 Å². The van der Waals surface area contributed by atoms with E-state index in [9.17, 15) is 0 Å². The van der Waals surface area contributed by atoms with Crippen molar-refractivity contribution in [3.63, 3.8) is 0 Å². The van der Waals surface area contributed by atoms with E-state index in [1.807, 2.05) is 18.7 Å². The molecule has 0 radical (unpaired) electrons. The minimum atomic E-state index is 0.502. The smallest absolute Gasteiger partial charge is 0.147 e. The Balaban J connectivity index is 2.70. The zero-order valence-electron chi connectivity index (χ0n) is 9.05. The molecule has 0 fully saturated rings. The molecule has 0 saturated heterocycles. The molecule has 0 aliphatic heterocycles. The van der Waals surface area contributed by atoms with Crippen LogP contribution in [-0.2, 0) is 5.75 Å². The van der Waals surface area contributed by atoms with Crippen molar-refractivity contribution in [1.82, 2.24) is 9.97 Å². The molecule has 0 spiro atoms. The highest BCUT2D eigenvalue weighted by Crippen LogP contribution is 2.25. The van der Waals surface area contributed by atoms with Gasteiger partial charge in [-0.05, 0) is 29.3 Å². The third kappa shape index (κ3) is 3.93. The predicted octanol–water partition coefficient (Wildman–Crippen LogP) is 4.23. The van der Waals surface area contributed by atoms with E-state index >= 15 is 0 Å². The standard InChI is InChI=1S/C10H14BrClN2S/c1-4-6(2)15-5-8-13-7(3)9(11)10(12)14-8/h6H,4-5H2,1-3H3. The van der Waals surface area contributed by atoms with Crippen molar-refractivity contribution in [3.8, 4) is 0 Å². The number of nitrogens with zero attached hydrogens (tertiary/aromatic N) is 2. The Bertz CT molecular complexity index is 323. The molecule has 0 aliphatic rings. The number of halogens is 2. The van der Waals surface area contributed by atoms with Crippen LogP contribution in [0.3, 0.4) is 0 Å². The minimum Gasteiger partial charge on any atom is -0.236 e. The van der Waals surface area contributed by atoms with E-state index < -0.39 is 0 Å². The summed E-state index contributed by atoms with van der Waals surface area (Å²) in [7, 11) is 0. The molecule has 2 nitrogen and oxygen atoms in total. The molecule has 1 rings (SSSR count). The molecule has 0 aliphatic carbocycles. The fraction of sp³-hybridized carbons (Fsp3) is 0.600. The molecular weight excluding hydrogens is 296 g/mol. The van der Waals surface area contributed by atoms with Gasteiger partial charge in [0.25, 0.3) is 0 Å². The van der Waals surface area contributed by atoms with E-state index in [2.05, 4.69) is 39.7 Å². The Morgan fingerprint density at radius 2 is 2.13 bits per heavy atom. The summed E-state index contributed by atoms with van der Waals surface area (Å²) in [4.78, 5) is 8.60. The van der Waals surface area contributed by atoms with Gasteiger partial charge in [-0.15, -0.1) is 0 Å². The van der Waals surface area contributed by atoms with Gasteiger partial charge in [0, 0.05) is 5.25 Å². The largest absolute Gasteiger partial charge is 0.236 e. The Morgan fingerprint density at radius 3 is 2.67 bits per heavy atom. The predicted molar refractivity (Wildman–Crippen MR) is 70.5 cm³/mol. The fourth-order valence-corrected chi connectivity index (χ4v) is 2.19. The maximum Gasteiger partial charge on any atom is 0.147 e. The van der Waals surface area contributed by atoms with Gasteiger partial charge >= 0.3 is 0 Å². The monoisotopic (exact) mass is 308 g/mol. The molecule has 0 aromatic carbocycles. The van der Waals surface area contributed by atoms with Crippen LogP contribution in [0.4, 0.5) is 0 Å². The first-order valence-electron chi connectivity index (χ1n) is 4.84. The van der Waals surface area contributed by atoms with E-state index in [4.69, 9.17) is 11.6 Å². The lowest BCUT2D eigenvalue weighted by Crippen LogP contribution is -2.00. The molecule has 1 aromatic heterocycles. The highest BCUT2D eigenvalue weighted by Gasteiger charge is 2.08. The summed E-state index contributed by atoms with van der Waals surface area (Å²) in [5.74, 6) is 1.63. The first-order chi connectivity index (χ1) is 7.04. The number of rotatable bonds is 4. The molecule has 1 heterocycles. The Kier molecular flexibility index (Phi) is 5.36. The van der Waals surface area contributed by atoms with E-state index in [0.717, 1.165) is 28.2 Å². The highest BCUT2D eigenvalue weighted by atomic mass is 79.9. The second-order valence-electron chi connectivity index (χ2n) is 3.36. The first-order valence-corrected chi connectivity index (χ1v) is 7.06. The summed E-state index contributed by atoms with van der Waals surface area (Å²) >= 11 is 11.2. The van der Waals surface area contributed by atoms with Gasteiger partial charge in [0.05, 0.1) is 15.9 Å². The van der Waals surface area contributed by atoms with Gasteiger partial charge in [-0.2, -0.15) is 11.8 Å². The quantitative estimate of drug-likeness (QED) is 0.778. The van der Waals surface area contributed by atoms with Gasteiger partial charge < -0.3 is 0 Å². The average molecular weight is 310 g/mol. The van der Waals surface area contributed by atoms with E-state index in [-0.39, 0.29) is 0 Å². The second kappa shape index (κ2) is 6.06. The van der Waals surface area contributed by atoms with Gasteiger partial charge in [0.2, 0.25) is 0 Å². The van der Waals surface area contributed by atoms with Crippen molar-refractivity contribution < 1.29 is 0 Å². The number of hydrogen-bond acceptors (Lipinski definition) is 3. The summed E-state index contributed by atoms with van der Waals surface area (Å²) < 4.78 is 0.793. The molecule has 0 amide bonds. The summed E-state index contributed by atoms with van der Waals surface area (Å²) in [6.45, 7) is 6.31. The molecule has 1 aromatic rings. The van der Waals surface area contributed by atoms with Crippen molar-refractivity contribution >= 4 is 39.3 Å². The molecule has 15 heavy (non-hydrogen) atoms. The van der Waals surface area contributed by atoms with Crippen LogP contribution in [0.1, 0.15) is 31.8 Å². The maximum absolute atomic E-state index is 5.96. The number of thioether (sulfide) groups is 1. The van der Waals surface area contributed by atoms with Crippen LogP contribution in [0.5, 0.6) is 0 Å². The van der Waals surface area contributed by atoms with Gasteiger partial charge in [-0.25, -0.2) is 9.97 Å². The third-order valence-electron chi connectivity index (χ3n) is 2.09. The molecule has 0 saturated carbocycles. The van der Waals surface area contributed by atoms with Crippen LogP contribution in [-0.4, -0.2) is 15.2 Å². The van der Waals surface area contributed by atoms with E-state index in [0.29, 0.717) is 10.4 Å². The van der Waals surface area contributed by atoms with Crippen LogP contribution in [0.25, 0.3) is 0 Å². The molecule has 5 heteroatoms. The summed E-state index contributed by atoms with van der Waals surface area (Å²) in [6.07, 6.45) is 1.16. The normalized spacial score (nSPS) is 12.9. The molecular formula is C10H14BrClN2S. The number of aryl methyl sites for hydroxylation is 1. The van der Waals surface area contributed by atoms with Gasteiger partial charge in [-0.3, -0.25) is 0 Å². The van der Waals surface area contributed by atoms with Gasteiger partial charge in [-0.1, -0.05) is 25.4 Å². The van der Waals surface area contributed by atoms with Crippen LogP contribution in [0, 0.1) is 6.92 Å². The SMILES string of the molecule is CCC(C)SCc1nc(C)c(Br)c(Cl)n1. The molecule has 0 bridgehead atoms. The number of hydrogen-bond donors (Lipinski definition) is 0. The van der Waals surface area contributed by atoms with E-state index in [1.165, 1.54) is 0 Å². The Hall–Kier alpha value is 0.200. The zero-order chi connectivity index (χ0) is 11.4. The molecule has 1 atom stereocenters. The lowest BCUT2D eigenvalue weighted by molar-refractivity contribution is 0.899. The van der Waals surface area contributed by atoms with Gasteiger partial charge in [0.1, 0.15) is 11.0 Å². The highest BCUT2D eigenvalue weighted by molar-refractivity contribution is 9.10. The molecule has 0 N–H and O–H groups in total. The molecule has 1 unspecified atom stereocenters. The topological polar surface area (TPSA) is 25.8 Å². The van der Waals surface area contributed by atoms with Crippen molar-refractivity contribution in [3.05, 3.63) is 21.1 Å². The van der Waals surface area contributed by atoms with Crippen LogP contribution in [0.2, 0.25) is 5.15 Å². The van der Waals surface area contributed by atoms with Crippen LogP contribution in [0.15, 0.2) is 4.47 Å². The average Bonchev–Trinajstić information content (AvgIpc) is 2.22. The maximum atomic E-state index is 5.96. The lowest BCUT2D eigenvalue weighted by Gasteiger charge is -2.08. The second-order valence-corrected chi connectivity index (χ2v) is 5.94. The van der Waals surface area contributed by atoms with E-state index in [1.54, 1.807) is 0 Å². The molecule has 84 valence electrons.